The van der Waals surface area contributed by atoms with Gasteiger partial charge in [0.15, 0.2) is 5.78 Å². The molecule has 2 aliphatic heterocycles. The molecule has 0 unspecified atom stereocenters. The standard InChI is InChI=1S/C25H37F3N4O6/c1-23(2,3)18(31-22(37)25(26,27)28)21(36)32-10-13-16(24(13,4)5)17(32)20(35)30-14(15(33)11-38-6)9-12-7-8-29-19(12)34/h12-14,16-18H,7-11H2,1-6H3,(H,29,34)(H,30,35)(H,31,37)/t12-,13-,14-,16-,17-,18+/m0/s1. The Hall–Kier alpha value is -2.70. The fraction of sp³-hybridized carbons (Fsp3) is 0.800. The molecule has 0 aromatic carbocycles. The molecule has 10 nitrogen and oxygen atoms in total. The molecule has 2 saturated heterocycles. The van der Waals surface area contributed by atoms with Crippen molar-refractivity contribution in [3.05, 3.63) is 0 Å². The van der Waals surface area contributed by atoms with Gasteiger partial charge in [-0.25, -0.2) is 0 Å². The maximum Gasteiger partial charge on any atom is 0.471 e. The summed E-state index contributed by atoms with van der Waals surface area (Å²) in [6.45, 7) is 8.74. The van der Waals surface area contributed by atoms with Gasteiger partial charge >= 0.3 is 12.1 Å². The summed E-state index contributed by atoms with van der Waals surface area (Å²) in [5.41, 5.74) is -1.39. The predicted molar refractivity (Wildman–Crippen MR) is 128 cm³/mol. The number of halogens is 3. The normalized spacial score (nSPS) is 27.7. The molecule has 0 radical (unpaired) electrons. The molecular weight excluding hydrogens is 509 g/mol. The van der Waals surface area contributed by atoms with Gasteiger partial charge in [0.05, 0.1) is 6.04 Å². The smallest absolute Gasteiger partial charge is 0.377 e. The van der Waals surface area contributed by atoms with E-state index in [2.05, 4.69) is 10.6 Å². The Morgan fingerprint density at radius 2 is 1.79 bits per heavy atom. The highest BCUT2D eigenvalue weighted by Crippen LogP contribution is 2.65. The summed E-state index contributed by atoms with van der Waals surface area (Å²) in [5, 5.41) is 7.21. The summed E-state index contributed by atoms with van der Waals surface area (Å²) in [7, 11) is 1.33. The number of ether oxygens (including phenoxy) is 1. The third kappa shape index (κ3) is 5.97. The van der Waals surface area contributed by atoms with E-state index in [1.807, 2.05) is 19.2 Å². The van der Waals surface area contributed by atoms with Gasteiger partial charge in [0.25, 0.3) is 0 Å². The summed E-state index contributed by atoms with van der Waals surface area (Å²) >= 11 is 0. The number of piperidine rings is 1. The van der Waals surface area contributed by atoms with Crippen LogP contribution in [0.3, 0.4) is 0 Å². The number of rotatable bonds is 9. The topological polar surface area (TPSA) is 134 Å². The molecule has 0 bridgehead atoms. The van der Waals surface area contributed by atoms with Crippen LogP contribution in [-0.2, 0) is 28.7 Å². The van der Waals surface area contributed by atoms with Crippen molar-refractivity contribution in [1.82, 2.24) is 20.9 Å². The van der Waals surface area contributed by atoms with Crippen LogP contribution in [0.15, 0.2) is 0 Å². The lowest BCUT2D eigenvalue weighted by molar-refractivity contribution is -0.176. The van der Waals surface area contributed by atoms with Crippen LogP contribution in [-0.4, -0.2) is 85.4 Å². The molecule has 3 fully saturated rings. The monoisotopic (exact) mass is 546 g/mol. The van der Waals surface area contributed by atoms with E-state index in [-0.39, 0.29) is 42.7 Å². The quantitative estimate of drug-likeness (QED) is 0.392. The number of carbonyl (C=O) groups excluding carboxylic acids is 5. The van der Waals surface area contributed by atoms with E-state index in [1.165, 1.54) is 32.8 Å². The Labute approximate surface area is 219 Å². The van der Waals surface area contributed by atoms with Crippen molar-refractivity contribution in [3.63, 3.8) is 0 Å². The molecule has 4 amide bonds. The van der Waals surface area contributed by atoms with Gasteiger partial charge in [0.1, 0.15) is 18.7 Å². The van der Waals surface area contributed by atoms with Crippen LogP contribution >= 0.6 is 0 Å². The zero-order valence-electron chi connectivity index (χ0n) is 22.5. The largest absolute Gasteiger partial charge is 0.471 e. The number of methoxy groups -OCH3 is 1. The second-order valence-corrected chi connectivity index (χ2v) is 12.1. The molecule has 13 heteroatoms. The zero-order chi connectivity index (χ0) is 28.8. The van der Waals surface area contributed by atoms with Crippen molar-refractivity contribution in [2.24, 2.45) is 28.6 Å². The van der Waals surface area contributed by atoms with Gasteiger partial charge in [-0.15, -0.1) is 0 Å². The summed E-state index contributed by atoms with van der Waals surface area (Å²) in [6, 6.07) is -3.64. The molecule has 3 N–H and O–H groups in total. The SMILES string of the molecule is COCC(=O)[C@H](C[C@@H]1CCNC1=O)NC(=O)[C@@H]1[C@@H]2[C@H](CN1C(=O)[C@@H](NC(=O)C(F)(F)F)C(C)(C)C)C2(C)C. The summed E-state index contributed by atoms with van der Waals surface area (Å²) in [5.74, 6) is -5.15. The van der Waals surface area contributed by atoms with E-state index in [1.54, 1.807) is 0 Å². The lowest BCUT2D eigenvalue weighted by atomic mass is 9.85. The van der Waals surface area contributed by atoms with Crippen LogP contribution < -0.4 is 16.0 Å². The van der Waals surface area contributed by atoms with Gasteiger partial charge in [0.2, 0.25) is 17.7 Å². The van der Waals surface area contributed by atoms with E-state index in [0.29, 0.717) is 13.0 Å². The minimum atomic E-state index is -5.18. The molecule has 0 aromatic rings. The van der Waals surface area contributed by atoms with Gasteiger partial charge in [-0.1, -0.05) is 34.6 Å². The average Bonchev–Trinajstić information content (AvgIpc) is 3.15. The van der Waals surface area contributed by atoms with Crippen molar-refractivity contribution in [1.29, 1.82) is 0 Å². The Kier molecular flexibility index (Phi) is 8.22. The van der Waals surface area contributed by atoms with E-state index < -0.39 is 59.1 Å². The van der Waals surface area contributed by atoms with Crippen molar-refractivity contribution in [3.8, 4) is 0 Å². The van der Waals surface area contributed by atoms with Crippen LogP contribution in [0.2, 0.25) is 0 Å². The fourth-order valence-electron chi connectivity index (χ4n) is 5.77. The molecule has 1 saturated carbocycles. The van der Waals surface area contributed by atoms with Crippen molar-refractivity contribution in [2.75, 3.05) is 26.8 Å². The van der Waals surface area contributed by atoms with Gasteiger partial charge in [0, 0.05) is 26.1 Å². The van der Waals surface area contributed by atoms with Gasteiger partial charge in [-0.2, -0.15) is 13.2 Å². The number of hydrogen-bond acceptors (Lipinski definition) is 6. The first-order valence-corrected chi connectivity index (χ1v) is 12.7. The lowest BCUT2D eigenvalue weighted by Gasteiger charge is -2.38. The number of fused-ring (bicyclic) bond motifs is 1. The van der Waals surface area contributed by atoms with E-state index in [9.17, 15) is 37.1 Å². The molecule has 3 aliphatic rings. The number of nitrogens with zero attached hydrogens (tertiary/aromatic N) is 1. The van der Waals surface area contributed by atoms with Gasteiger partial charge < -0.3 is 25.6 Å². The molecular formula is C25H37F3N4O6. The molecule has 0 spiro atoms. The first kappa shape index (κ1) is 29.9. The number of ketones is 1. The Morgan fingerprint density at radius 3 is 2.29 bits per heavy atom. The van der Waals surface area contributed by atoms with Crippen LogP contribution in [0.1, 0.15) is 47.5 Å². The number of Topliss-reactive ketones (excluding diaryl/α,β-unsaturated/α-hetero) is 1. The molecule has 214 valence electrons. The Morgan fingerprint density at radius 1 is 1.16 bits per heavy atom. The number of carbonyl (C=O) groups is 5. The van der Waals surface area contributed by atoms with Crippen LogP contribution in [0.25, 0.3) is 0 Å². The van der Waals surface area contributed by atoms with Crippen LogP contribution in [0.4, 0.5) is 13.2 Å². The highest BCUT2D eigenvalue weighted by Gasteiger charge is 2.70. The lowest BCUT2D eigenvalue weighted by Crippen LogP contribution is -2.61. The van der Waals surface area contributed by atoms with Gasteiger partial charge in [-0.3, -0.25) is 24.0 Å². The number of alkyl halides is 3. The number of hydrogen-bond donors (Lipinski definition) is 3. The van der Waals surface area contributed by atoms with Crippen LogP contribution in [0.5, 0.6) is 0 Å². The second-order valence-electron chi connectivity index (χ2n) is 12.1. The fourth-order valence-corrected chi connectivity index (χ4v) is 5.77. The molecule has 2 heterocycles. The molecule has 0 aromatic heterocycles. The summed E-state index contributed by atoms with van der Waals surface area (Å²) in [6.07, 6.45) is -4.62. The summed E-state index contributed by atoms with van der Waals surface area (Å²) < 4.78 is 44.0. The maximum absolute atomic E-state index is 13.6. The third-order valence-electron chi connectivity index (χ3n) is 8.08. The van der Waals surface area contributed by atoms with Crippen molar-refractivity contribution in [2.45, 2.75) is 71.8 Å². The first-order chi connectivity index (χ1) is 17.4. The predicted octanol–water partition coefficient (Wildman–Crippen LogP) is 0.789. The second kappa shape index (κ2) is 10.5. The van der Waals surface area contributed by atoms with E-state index in [0.717, 1.165) is 0 Å². The number of nitrogens with one attached hydrogen (secondary N) is 3. The molecule has 6 atom stereocenters. The zero-order valence-corrected chi connectivity index (χ0v) is 22.5. The molecule has 3 rings (SSSR count). The van der Waals surface area contributed by atoms with E-state index >= 15 is 0 Å². The first-order valence-electron chi connectivity index (χ1n) is 12.7. The average molecular weight is 547 g/mol. The highest BCUT2D eigenvalue weighted by molar-refractivity contribution is 5.97. The minimum absolute atomic E-state index is 0.0597. The van der Waals surface area contributed by atoms with Crippen LogP contribution in [0, 0.1) is 28.6 Å². The molecule has 1 aliphatic carbocycles. The maximum atomic E-state index is 13.6. The molecule has 38 heavy (non-hydrogen) atoms. The highest BCUT2D eigenvalue weighted by atomic mass is 19.4. The van der Waals surface area contributed by atoms with Crippen molar-refractivity contribution < 1.29 is 41.9 Å². The van der Waals surface area contributed by atoms with Crippen molar-refractivity contribution >= 4 is 29.4 Å². The number of amides is 4. The summed E-state index contributed by atoms with van der Waals surface area (Å²) in [4.78, 5) is 65.1. The Bertz CT molecular complexity index is 993. The third-order valence-corrected chi connectivity index (χ3v) is 8.08. The van der Waals surface area contributed by atoms with Gasteiger partial charge in [-0.05, 0) is 35.5 Å². The number of likely N-dealkylation sites (tertiary alicyclic amines) is 1. The van der Waals surface area contributed by atoms with E-state index in [4.69, 9.17) is 4.74 Å². The Balaban J connectivity index is 1.86. The minimum Gasteiger partial charge on any atom is -0.377 e.